The Bertz CT molecular complexity index is 153. The Morgan fingerprint density at radius 1 is 1.40 bits per heavy atom. The summed E-state index contributed by atoms with van der Waals surface area (Å²) in [5, 5.41) is 17.7. The van der Waals surface area contributed by atoms with E-state index in [2.05, 4.69) is 6.92 Å². The Morgan fingerprint density at radius 3 is 2.40 bits per heavy atom. The summed E-state index contributed by atoms with van der Waals surface area (Å²) in [6.07, 6.45) is 1.15. The number of hydrogen-bond donors (Lipinski definition) is 2. The van der Waals surface area contributed by atoms with Gasteiger partial charge < -0.3 is 10.2 Å². The molecule has 0 aromatic heterocycles. The van der Waals surface area contributed by atoms with Crippen LogP contribution >= 0.6 is 0 Å². The van der Waals surface area contributed by atoms with Crippen molar-refractivity contribution in [3.05, 3.63) is 0 Å². The van der Waals surface area contributed by atoms with E-state index in [1.165, 1.54) is 0 Å². The number of aliphatic hydroxyl groups is 2. The molecule has 0 amide bonds. The average Bonchev–Trinajstić information content (AvgIpc) is 2.77. The second-order valence-electron chi connectivity index (χ2n) is 3.77. The van der Waals surface area contributed by atoms with E-state index in [9.17, 15) is 0 Å². The molecule has 0 aliphatic heterocycles. The minimum Gasteiger partial charge on any atom is -0.396 e. The lowest BCUT2D eigenvalue weighted by molar-refractivity contribution is 0.244. The van der Waals surface area contributed by atoms with Gasteiger partial charge in [0.2, 0.25) is 0 Å². The van der Waals surface area contributed by atoms with Gasteiger partial charge in [0.05, 0.1) is 0 Å². The third kappa shape index (κ3) is 0.523. The zero-order valence-electron chi connectivity index (χ0n) is 6.25. The normalized spacial score (nSPS) is 57.3. The van der Waals surface area contributed by atoms with Crippen molar-refractivity contribution in [1.82, 2.24) is 0 Å². The van der Waals surface area contributed by atoms with Crippen LogP contribution in [0.3, 0.4) is 0 Å². The molecule has 0 heterocycles. The fourth-order valence-corrected chi connectivity index (χ4v) is 2.70. The molecular weight excluding hydrogens is 128 g/mol. The average molecular weight is 142 g/mol. The van der Waals surface area contributed by atoms with E-state index in [0.29, 0.717) is 36.4 Å². The van der Waals surface area contributed by atoms with E-state index in [4.69, 9.17) is 10.2 Å². The van der Waals surface area contributed by atoms with Crippen molar-refractivity contribution in [1.29, 1.82) is 0 Å². The van der Waals surface area contributed by atoms with Crippen molar-refractivity contribution >= 4 is 0 Å². The number of aliphatic hydroxyl groups excluding tert-OH is 2. The monoisotopic (exact) mass is 142 g/mol. The highest BCUT2D eigenvalue weighted by Gasteiger charge is 2.74. The zero-order chi connectivity index (χ0) is 7.35. The van der Waals surface area contributed by atoms with Crippen LogP contribution in [0, 0.1) is 23.2 Å². The fraction of sp³-hybridized carbons (Fsp3) is 1.00. The predicted octanol–water partition coefficient (Wildman–Crippen LogP) is 0.243. The quantitative estimate of drug-likeness (QED) is 0.580. The molecule has 10 heavy (non-hydrogen) atoms. The van der Waals surface area contributed by atoms with Gasteiger partial charge >= 0.3 is 0 Å². The molecule has 4 unspecified atom stereocenters. The molecule has 2 N–H and O–H groups in total. The summed E-state index contributed by atoms with van der Waals surface area (Å²) in [5.41, 5.74) is 0.392. The summed E-state index contributed by atoms with van der Waals surface area (Å²) in [6, 6.07) is 0. The first kappa shape index (κ1) is 6.62. The van der Waals surface area contributed by atoms with E-state index in [1.54, 1.807) is 0 Å². The molecule has 2 rings (SSSR count). The van der Waals surface area contributed by atoms with Crippen molar-refractivity contribution in [2.75, 3.05) is 13.2 Å². The van der Waals surface area contributed by atoms with Gasteiger partial charge in [0.1, 0.15) is 0 Å². The third-order valence-corrected chi connectivity index (χ3v) is 3.65. The van der Waals surface area contributed by atoms with E-state index < -0.39 is 0 Å². The summed E-state index contributed by atoms with van der Waals surface area (Å²) < 4.78 is 0. The molecule has 2 saturated carbocycles. The van der Waals surface area contributed by atoms with Crippen LogP contribution in [0.1, 0.15) is 13.3 Å². The molecule has 2 heteroatoms. The summed E-state index contributed by atoms with van der Waals surface area (Å²) in [4.78, 5) is 0. The van der Waals surface area contributed by atoms with Gasteiger partial charge in [-0.15, -0.1) is 0 Å². The van der Waals surface area contributed by atoms with Crippen LogP contribution < -0.4 is 0 Å². The SMILES string of the molecule is CC1C(CO)C12CC2CO. The van der Waals surface area contributed by atoms with Crippen molar-refractivity contribution < 1.29 is 10.2 Å². The third-order valence-electron chi connectivity index (χ3n) is 3.65. The van der Waals surface area contributed by atoms with Gasteiger partial charge in [-0.2, -0.15) is 0 Å². The maximum absolute atomic E-state index is 8.88. The van der Waals surface area contributed by atoms with Crippen LogP contribution in [-0.4, -0.2) is 23.4 Å². The molecule has 58 valence electrons. The Kier molecular flexibility index (Phi) is 1.15. The van der Waals surface area contributed by atoms with Gasteiger partial charge in [0, 0.05) is 13.2 Å². The number of rotatable bonds is 2. The lowest BCUT2D eigenvalue weighted by Crippen LogP contribution is -1.93. The molecule has 4 atom stereocenters. The molecule has 0 aromatic rings. The van der Waals surface area contributed by atoms with E-state index in [-0.39, 0.29) is 0 Å². The van der Waals surface area contributed by atoms with Gasteiger partial charge in [0.25, 0.3) is 0 Å². The molecule has 0 saturated heterocycles. The topological polar surface area (TPSA) is 40.5 Å². The molecule has 0 aromatic carbocycles. The van der Waals surface area contributed by atoms with Crippen LogP contribution in [0.4, 0.5) is 0 Å². The van der Waals surface area contributed by atoms with Crippen LogP contribution in [0.15, 0.2) is 0 Å². The summed E-state index contributed by atoms with van der Waals surface area (Å²) in [5.74, 6) is 1.68. The molecule has 0 bridgehead atoms. The standard InChI is InChI=1S/C8H14O2/c1-5-7(4-10)8(5)2-6(8)3-9/h5-7,9-10H,2-4H2,1H3. The zero-order valence-corrected chi connectivity index (χ0v) is 6.25. The van der Waals surface area contributed by atoms with Gasteiger partial charge in [-0.05, 0) is 29.6 Å². The highest BCUT2D eigenvalue weighted by Crippen LogP contribution is 2.77. The second kappa shape index (κ2) is 1.74. The Balaban J connectivity index is 1.99. The summed E-state index contributed by atoms with van der Waals surface area (Å²) >= 11 is 0. The number of hydrogen-bond acceptors (Lipinski definition) is 2. The summed E-state index contributed by atoms with van der Waals surface area (Å²) in [7, 11) is 0. The van der Waals surface area contributed by atoms with Crippen LogP contribution in [0.5, 0.6) is 0 Å². The Hall–Kier alpha value is -0.0800. The van der Waals surface area contributed by atoms with Crippen molar-refractivity contribution in [2.24, 2.45) is 23.2 Å². The van der Waals surface area contributed by atoms with Gasteiger partial charge in [0.15, 0.2) is 0 Å². The first-order chi connectivity index (χ1) is 4.77. The molecule has 2 nitrogen and oxygen atoms in total. The minimum absolute atomic E-state index is 0.317. The van der Waals surface area contributed by atoms with Crippen LogP contribution in [-0.2, 0) is 0 Å². The van der Waals surface area contributed by atoms with Gasteiger partial charge in [-0.25, -0.2) is 0 Å². The predicted molar refractivity (Wildman–Crippen MR) is 37.4 cm³/mol. The molecule has 1 spiro atoms. The molecular formula is C8H14O2. The van der Waals surface area contributed by atoms with Gasteiger partial charge in [-0.1, -0.05) is 6.92 Å². The minimum atomic E-state index is 0.317. The smallest absolute Gasteiger partial charge is 0.0467 e. The van der Waals surface area contributed by atoms with Crippen molar-refractivity contribution in [3.63, 3.8) is 0 Å². The van der Waals surface area contributed by atoms with E-state index in [1.807, 2.05) is 0 Å². The van der Waals surface area contributed by atoms with Crippen molar-refractivity contribution in [3.8, 4) is 0 Å². The molecule has 2 aliphatic rings. The Labute approximate surface area is 60.9 Å². The molecule has 2 aliphatic carbocycles. The lowest BCUT2D eigenvalue weighted by atomic mass is 10.2. The molecule has 2 fully saturated rings. The second-order valence-corrected chi connectivity index (χ2v) is 3.77. The van der Waals surface area contributed by atoms with E-state index >= 15 is 0 Å². The maximum atomic E-state index is 8.88. The largest absolute Gasteiger partial charge is 0.396 e. The van der Waals surface area contributed by atoms with Crippen LogP contribution in [0.25, 0.3) is 0 Å². The first-order valence-electron chi connectivity index (χ1n) is 3.99. The molecule has 0 radical (unpaired) electrons. The van der Waals surface area contributed by atoms with E-state index in [0.717, 1.165) is 6.42 Å². The van der Waals surface area contributed by atoms with Gasteiger partial charge in [-0.3, -0.25) is 0 Å². The highest BCUT2D eigenvalue weighted by molar-refractivity contribution is 5.22. The van der Waals surface area contributed by atoms with Crippen LogP contribution in [0.2, 0.25) is 0 Å². The Morgan fingerprint density at radius 2 is 2.10 bits per heavy atom. The summed E-state index contributed by atoms with van der Waals surface area (Å²) in [6.45, 7) is 2.81. The highest BCUT2D eigenvalue weighted by atomic mass is 16.3. The first-order valence-corrected chi connectivity index (χ1v) is 3.99. The fourth-order valence-electron chi connectivity index (χ4n) is 2.70. The maximum Gasteiger partial charge on any atom is 0.0467 e. The van der Waals surface area contributed by atoms with Crippen molar-refractivity contribution in [2.45, 2.75) is 13.3 Å². The lowest BCUT2D eigenvalue weighted by Gasteiger charge is -1.88.